The second-order valence-electron chi connectivity index (χ2n) is 7.68. The Morgan fingerprint density at radius 1 is 0.933 bits per heavy atom. The van der Waals surface area contributed by atoms with Crippen LogP contribution in [0.2, 0.25) is 0 Å². The quantitative estimate of drug-likeness (QED) is 0.621. The van der Waals surface area contributed by atoms with Gasteiger partial charge in [-0.15, -0.1) is 0 Å². The first-order valence-electron chi connectivity index (χ1n) is 10.8. The maximum Gasteiger partial charge on any atom is 0.407 e. The van der Waals surface area contributed by atoms with Crippen LogP contribution in [0, 0.1) is 0 Å². The molecule has 160 valence electrons. The highest BCUT2D eigenvalue weighted by molar-refractivity contribution is 5.79. The lowest BCUT2D eigenvalue weighted by Crippen LogP contribution is -2.33. The molecule has 0 unspecified atom stereocenters. The first kappa shape index (κ1) is 20.8. The molecule has 1 saturated heterocycles. The summed E-state index contributed by atoms with van der Waals surface area (Å²) in [6.45, 7) is 4.37. The predicted molar refractivity (Wildman–Crippen MR) is 116 cm³/mol. The lowest BCUT2D eigenvalue weighted by molar-refractivity contribution is -0.00652. The highest BCUT2D eigenvalue weighted by Gasteiger charge is 2.28. The van der Waals surface area contributed by atoms with Gasteiger partial charge in [0.05, 0.1) is 25.9 Å². The molecule has 1 aliphatic carbocycles. The summed E-state index contributed by atoms with van der Waals surface area (Å²) in [5.74, 6) is 0.0755. The van der Waals surface area contributed by atoms with Crippen molar-refractivity contribution in [2.24, 2.45) is 0 Å². The fraction of sp³-hybridized carbons (Fsp3) is 0.458. The van der Waals surface area contributed by atoms with Gasteiger partial charge in [-0.3, -0.25) is 0 Å². The highest BCUT2D eigenvalue weighted by Crippen LogP contribution is 2.44. The van der Waals surface area contributed by atoms with Gasteiger partial charge in [0.1, 0.15) is 6.61 Å². The number of carbonyl (C=O) groups is 1. The van der Waals surface area contributed by atoms with E-state index in [1.165, 1.54) is 22.3 Å². The topological polar surface area (TPSA) is 68.8 Å². The minimum Gasteiger partial charge on any atom is -0.449 e. The molecule has 6 heteroatoms. The molecule has 1 aliphatic heterocycles. The molecular formula is C24H30N2O4. The number of piperidine rings is 1. The molecule has 2 aromatic carbocycles. The number of amides is 1. The Morgan fingerprint density at radius 3 is 2.30 bits per heavy atom. The monoisotopic (exact) mass is 410 g/mol. The first-order chi connectivity index (χ1) is 14.8. The Labute approximate surface area is 177 Å². The number of hydrogen-bond acceptors (Lipinski definition) is 5. The van der Waals surface area contributed by atoms with E-state index < -0.39 is 6.09 Å². The van der Waals surface area contributed by atoms with Crippen LogP contribution in [0.15, 0.2) is 48.5 Å². The summed E-state index contributed by atoms with van der Waals surface area (Å²) in [5, 5.41) is 6.08. The van der Waals surface area contributed by atoms with E-state index in [1.807, 2.05) is 24.3 Å². The standard InChI is InChI=1S/C24H30N2O4/c27-24(26-13-14-28-15-16-29-18-9-11-25-12-10-18)30-17-23-21-7-3-1-5-19(21)20-6-2-4-8-22(20)23/h1-8,18,23,25H,9-17H2,(H,26,27). The van der Waals surface area contributed by atoms with Crippen molar-refractivity contribution in [3.63, 3.8) is 0 Å². The summed E-state index contributed by atoms with van der Waals surface area (Å²) in [7, 11) is 0. The van der Waals surface area contributed by atoms with E-state index in [0.717, 1.165) is 25.9 Å². The molecule has 0 aromatic heterocycles. The van der Waals surface area contributed by atoms with Crippen molar-refractivity contribution in [2.45, 2.75) is 24.9 Å². The molecular weight excluding hydrogens is 380 g/mol. The van der Waals surface area contributed by atoms with Crippen LogP contribution >= 0.6 is 0 Å². The van der Waals surface area contributed by atoms with Gasteiger partial charge in [0.15, 0.2) is 0 Å². The van der Waals surface area contributed by atoms with Crippen molar-refractivity contribution in [3.05, 3.63) is 59.7 Å². The molecule has 0 spiro atoms. The van der Waals surface area contributed by atoms with Gasteiger partial charge in [-0.1, -0.05) is 48.5 Å². The number of carbonyl (C=O) groups excluding carboxylic acids is 1. The van der Waals surface area contributed by atoms with E-state index >= 15 is 0 Å². The van der Waals surface area contributed by atoms with Crippen LogP contribution in [-0.4, -0.2) is 58.3 Å². The zero-order valence-electron chi connectivity index (χ0n) is 17.3. The number of rotatable bonds is 9. The number of hydrogen-bond donors (Lipinski definition) is 2. The number of alkyl carbamates (subject to hydrolysis) is 1. The normalized spacial score (nSPS) is 16.1. The van der Waals surface area contributed by atoms with Crippen LogP contribution in [0.1, 0.15) is 29.9 Å². The van der Waals surface area contributed by atoms with Crippen molar-refractivity contribution in [1.29, 1.82) is 0 Å². The minimum absolute atomic E-state index is 0.0755. The van der Waals surface area contributed by atoms with Crippen LogP contribution < -0.4 is 10.6 Å². The lowest BCUT2D eigenvalue weighted by atomic mass is 9.98. The molecule has 0 radical (unpaired) electrons. The summed E-state index contributed by atoms with van der Waals surface area (Å²) in [6.07, 6.45) is 2.05. The van der Waals surface area contributed by atoms with Gasteiger partial charge in [0, 0.05) is 12.5 Å². The second-order valence-corrected chi connectivity index (χ2v) is 7.68. The maximum atomic E-state index is 12.1. The molecule has 0 atom stereocenters. The fourth-order valence-electron chi connectivity index (χ4n) is 4.21. The largest absolute Gasteiger partial charge is 0.449 e. The average molecular weight is 411 g/mol. The maximum absolute atomic E-state index is 12.1. The molecule has 0 saturated carbocycles. The van der Waals surface area contributed by atoms with E-state index in [1.54, 1.807) is 0 Å². The third kappa shape index (κ3) is 5.19. The van der Waals surface area contributed by atoms with Crippen LogP contribution in [0.5, 0.6) is 0 Å². The Morgan fingerprint density at radius 2 is 1.60 bits per heavy atom. The molecule has 6 nitrogen and oxygen atoms in total. The van der Waals surface area contributed by atoms with Gasteiger partial charge < -0.3 is 24.8 Å². The first-order valence-corrected chi connectivity index (χ1v) is 10.8. The van der Waals surface area contributed by atoms with Gasteiger partial charge in [-0.2, -0.15) is 0 Å². The zero-order chi connectivity index (χ0) is 20.6. The second kappa shape index (κ2) is 10.6. The van der Waals surface area contributed by atoms with Crippen LogP contribution in [0.3, 0.4) is 0 Å². The third-order valence-corrected chi connectivity index (χ3v) is 5.73. The van der Waals surface area contributed by atoms with Gasteiger partial charge in [0.2, 0.25) is 0 Å². The van der Waals surface area contributed by atoms with Crippen molar-refractivity contribution in [3.8, 4) is 11.1 Å². The van der Waals surface area contributed by atoms with Gasteiger partial charge >= 0.3 is 6.09 Å². The van der Waals surface area contributed by atoms with Crippen molar-refractivity contribution < 1.29 is 19.0 Å². The van der Waals surface area contributed by atoms with Crippen LogP contribution in [-0.2, 0) is 14.2 Å². The summed E-state index contributed by atoms with van der Waals surface area (Å²) >= 11 is 0. The molecule has 4 rings (SSSR count). The van der Waals surface area contributed by atoms with E-state index in [-0.39, 0.29) is 5.92 Å². The van der Waals surface area contributed by atoms with E-state index in [4.69, 9.17) is 14.2 Å². The summed E-state index contributed by atoms with van der Waals surface area (Å²) in [5.41, 5.74) is 4.87. The van der Waals surface area contributed by atoms with Crippen molar-refractivity contribution >= 4 is 6.09 Å². The molecule has 2 aromatic rings. The van der Waals surface area contributed by atoms with Gasteiger partial charge in [-0.05, 0) is 48.2 Å². The number of benzene rings is 2. The molecule has 1 fully saturated rings. The smallest absolute Gasteiger partial charge is 0.407 e. The summed E-state index contributed by atoms with van der Waals surface area (Å²) < 4.78 is 16.8. The Kier molecular flexibility index (Phi) is 7.34. The van der Waals surface area contributed by atoms with E-state index in [2.05, 4.69) is 34.9 Å². The van der Waals surface area contributed by atoms with E-state index in [9.17, 15) is 4.79 Å². The molecule has 30 heavy (non-hydrogen) atoms. The number of ether oxygens (including phenoxy) is 3. The Balaban J connectivity index is 1.14. The Hall–Kier alpha value is -2.41. The molecule has 0 bridgehead atoms. The van der Waals surface area contributed by atoms with Crippen LogP contribution in [0.25, 0.3) is 11.1 Å². The molecule has 1 heterocycles. The molecule has 2 aliphatic rings. The predicted octanol–water partition coefficient (Wildman–Crippen LogP) is 3.31. The van der Waals surface area contributed by atoms with Crippen LogP contribution in [0.4, 0.5) is 4.79 Å². The fourth-order valence-corrected chi connectivity index (χ4v) is 4.21. The summed E-state index contributed by atoms with van der Waals surface area (Å²) in [4.78, 5) is 12.1. The lowest BCUT2D eigenvalue weighted by Gasteiger charge is -2.22. The van der Waals surface area contributed by atoms with E-state index in [0.29, 0.717) is 39.1 Å². The molecule has 1 amide bonds. The van der Waals surface area contributed by atoms with Gasteiger partial charge in [0.25, 0.3) is 0 Å². The number of fused-ring (bicyclic) bond motifs is 3. The third-order valence-electron chi connectivity index (χ3n) is 5.73. The Bertz CT molecular complexity index is 790. The number of nitrogens with one attached hydrogen (secondary N) is 2. The summed E-state index contributed by atoms with van der Waals surface area (Å²) in [6, 6.07) is 16.6. The minimum atomic E-state index is -0.411. The van der Waals surface area contributed by atoms with Gasteiger partial charge in [-0.25, -0.2) is 4.79 Å². The van der Waals surface area contributed by atoms with Crippen molar-refractivity contribution in [2.75, 3.05) is 46.1 Å². The highest BCUT2D eigenvalue weighted by atomic mass is 16.6. The molecule has 2 N–H and O–H groups in total. The average Bonchev–Trinajstić information content (AvgIpc) is 3.11. The van der Waals surface area contributed by atoms with Crippen molar-refractivity contribution in [1.82, 2.24) is 10.6 Å². The zero-order valence-corrected chi connectivity index (χ0v) is 17.3. The SMILES string of the molecule is O=C(NCCOCCOC1CCNCC1)OCC1c2ccccc2-c2ccccc21.